The van der Waals surface area contributed by atoms with Crippen LogP contribution in [0.25, 0.3) is 0 Å². The highest BCUT2D eigenvalue weighted by Gasteiger charge is 2.05. The summed E-state index contributed by atoms with van der Waals surface area (Å²) in [7, 11) is 1.56. The molecule has 6 nitrogen and oxygen atoms in total. The molecule has 0 atom stereocenters. The van der Waals surface area contributed by atoms with Crippen molar-refractivity contribution in [1.82, 2.24) is 5.32 Å². The maximum atomic E-state index is 12.0. The molecule has 0 bridgehead atoms. The average molecular weight is 364 g/mol. The number of carbonyl (C=O) groups excluding carboxylic acids is 1. The first-order valence-corrected chi connectivity index (χ1v) is 7.67. The number of para-hydroxylation sites is 1. The van der Waals surface area contributed by atoms with Crippen LogP contribution in [-0.4, -0.2) is 32.4 Å². The van der Waals surface area contributed by atoms with E-state index >= 15 is 0 Å². The summed E-state index contributed by atoms with van der Waals surface area (Å²) in [6.45, 7) is -2.81. The van der Waals surface area contributed by atoms with Crippen molar-refractivity contribution in [1.29, 1.82) is 0 Å². The second-order valence-corrected chi connectivity index (χ2v) is 5.04. The highest BCUT2D eigenvalue weighted by atomic mass is 19.3. The summed E-state index contributed by atoms with van der Waals surface area (Å²) in [6.07, 6.45) is 1.36. The highest BCUT2D eigenvalue weighted by Crippen LogP contribution is 2.16. The number of nitrogens with one attached hydrogen (secondary N) is 1. The van der Waals surface area contributed by atoms with Gasteiger partial charge in [-0.2, -0.15) is 8.78 Å². The van der Waals surface area contributed by atoms with Gasteiger partial charge in [0.15, 0.2) is 6.61 Å². The van der Waals surface area contributed by atoms with Crippen LogP contribution in [0.4, 0.5) is 8.78 Å². The molecule has 2 aromatic rings. The summed E-state index contributed by atoms with van der Waals surface area (Å²) < 4.78 is 33.5. The summed E-state index contributed by atoms with van der Waals surface area (Å²) >= 11 is 0. The topological polar surface area (TPSA) is 69.2 Å². The van der Waals surface area contributed by atoms with Crippen molar-refractivity contribution >= 4 is 12.1 Å². The molecule has 26 heavy (non-hydrogen) atoms. The van der Waals surface area contributed by atoms with E-state index in [2.05, 4.69) is 15.2 Å². The van der Waals surface area contributed by atoms with Crippen molar-refractivity contribution in [3.63, 3.8) is 0 Å². The fraction of sp³-hybridized carbons (Fsp3) is 0.222. The van der Waals surface area contributed by atoms with Gasteiger partial charge in [0.1, 0.15) is 11.5 Å². The fourth-order valence-electron chi connectivity index (χ4n) is 2.02. The molecule has 2 aromatic carbocycles. The van der Waals surface area contributed by atoms with Crippen LogP contribution in [0, 0.1) is 0 Å². The average Bonchev–Trinajstić information content (AvgIpc) is 2.64. The number of amides is 1. The van der Waals surface area contributed by atoms with Crippen molar-refractivity contribution in [2.75, 3.05) is 13.7 Å². The van der Waals surface area contributed by atoms with Gasteiger partial charge in [-0.15, -0.1) is 0 Å². The molecule has 1 N–H and O–H groups in total. The second-order valence-electron chi connectivity index (χ2n) is 5.04. The number of rotatable bonds is 9. The molecule has 0 heterocycles. The minimum Gasteiger partial charge on any atom is -0.496 e. The Bertz CT molecular complexity index is 736. The maximum absolute atomic E-state index is 12.0. The molecule has 0 aliphatic rings. The van der Waals surface area contributed by atoms with E-state index in [1.807, 2.05) is 18.2 Å². The van der Waals surface area contributed by atoms with Crippen LogP contribution in [0.1, 0.15) is 11.1 Å². The molecule has 0 saturated heterocycles. The first-order chi connectivity index (χ1) is 12.6. The van der Waals surface area contributed by atoms with Gasteiger partial charge in [0.2, 0.25) is 0 Å². The Balaban J connectivity index is 1.73. The molecule has 0 saturated carbocycles. The molecule has 0 aromatic heterocycles. The van der Waals surface area contributed by atoms with Gasteiger partial charge < -0.3 is 19.6 Å². The summed E-state index contributed by atoms with van der Waals surface area (Å²) in [5.41, 5.74) is 1.46. The highest BCUT2D eigenvalue weighted by molar-refractivity contribution is 5.80. The zero-order chi connectivity index (χ0) is 18.8. The number of alkyl halides is 2. The van der Waals surface area contributed by atoms with E-state index in [4.69, 9.17) is 9.57 Å². The molecule has 0 spiro atoms. The number of hydrogen-bond acceptors (Lipinski definition) is 5. The molecule has 1 amide bonds. The number of halogens is 2. The van der Waals surface area contributed by atoms with Crippen molar-refractivity contribution in [3.05, 3.63) is 59.7 Å². The predicted molar refractivity (Wildman–Crippen MR) is 91.5 cm³/mol. The van der Waals surface area contributed by atoms with E-state index < -0.39 is 6.61 Å². The quantitative estimate of drug-likeness (QED) is 0.549. The van der Waals surface area contributed by atoms with E-state index in [0.29, 0.717) is 17.9 Å². The number of nitrogens with zero attached hydrogens (tertiary/aromatic N) is 1. The molecule has 0 fully saturated rings. The van der Waals surface area contributed by atoms with Crippen LogP contribution >= 0.6 is 0 Å². The van der Waals surface area contributed by atoms with Gasteiger partial charge in [-0.1, -0.05) is 23.4 Å². The van der Waals surface area contributed by atoms with E-state index in [-0.39, 0.29) is 18.3 Å². The zero-order valence-corrected chi connectivity index (χ0v) is 14.0. The number of ether oxygens (including phenoxy) is 2. The molecular weight excluding hydrogens is 346 g/mol. The first kappa shape index (κ1) is 19.2. The van der Waals surface area contributed by atoms with Crippen molar-refractivity contribution in [3.8, 4) is 11.5 Å². The summed E-state index contributed by atoms with van der Waals surface area (Å²) in [5.74, 6) is 0.397. The van der Waals surface area contributed by atoms with Gasteiger partial charge in [0.25, 0.3) is 5.91 Å². The molecule has 2 rings (SSSR count). The minimum atomic E-state index is -2.87. The lowest BCUT2D eigenvalue weighted by Crippen LogP contribution is -2.26. The van der Waals surface area contributed by atoms with Crippen molar-refractivity contribution < 1.29 is 27.9 Å². The van der Waals surface area contributed by atoms with E-state index in [9.17, 15) is 13.6 Å². The maximum Gasteiger partial charge on any atom is 0.387 e. The Labute approximate surface area is 149 Å². The van der Waals surface area contributed by atoms with E-state index in [1.54, 1.807) is 13.2 Å². The lowest BCUT2D eigenvalue weighted by molar-refractivity contribution is -0.125. The third-order valence-corrected chi connectivity index (χ3v) is 3.25. The molecule has 138 valence electrons. The van der Waals surface area contributed by atoms with Crippen molar-refractivity contribution in [2.24, 2.45) is 5.16 Å². The molecule has 0 unspecified atom stereocenters. The third-order valence-electron chi connectivity index (χ3n) is 3.25. The van der Waals surface area contributed by atoms with Gasteiger partial charge in [0.05, 0.1) is 13.3 Å². The number of methoxy groups -OCH3 is 1. The van der Waals surface area contributed by atoms with E-state index in [1.165, 1.54) is 30.5 Å². The van der Waals surface area contributed by atoms with Crippen LogP contribution in [0.2, 0.25) is 0 Å². The minimum absolute atomic E-state index is 0.0498. The molecule has 0 aliphatic heterocycles. The number of oxime groups is 1. The Morgan fingerprint density at radius 1 is 1.19 bits per heavy atom. The largest absolute Gasteiger partial charge is 0.496 e. The lowest BCUT2D eigenvalue weighted by Gasteiger charge is -2.09. The first-order valence-electron chi connectivity index (χ1n) is 7.67. The molecular formula is C18H18F2N2O4. The summed E-state index contributed by atoms with van der Waals surface area (Å²) in [5, 5.41) is 6.35. The van der Waals surface area contributed by atoms with E-state index in [0.717, 1.165) is 5.56 Å². The monoisotopic (exact) mass is 364 g/mol. The second kappa shape index (κ2) is 9.97. The normalized spacial score (nSPS) is 10.8. The van der Waals surface area contributed by atoms with Crippen LogP contribution in [-0.2, 0) is 16.2 Å². The predicted octanol–water partition coefficient (Wildman–Crippen LogP) is 2.96. The SMILES string of the molecule is COc1ccccc1CNC(=O)CO/N=C\c1ccc(OC(F)F)cc1. The fourth-order valence-corrected chi connectivity index (χ4v) is 2.02. The smallest absolute Gasteiger partial charge is 0.387 e. The van der Waals surface area contributed by atoms with Crippen molar-refractivity contribution in [2.45, 2.75) is 13.2 Å². The van der Waals surface area contributed by atoms with Crippen LogP contribution in [0.5, 0.6) is 11.5 Å². The summed E-state index contributed by atoms with van der Waals surface area (Å²) in [6, 6.07) is 13.2. The number of benzene rings is 2. The van der Waals surface area contributed by atoms with Gasteiger partial charge >= 0.3 is 6.61 Å². The molecule has 8 heteroatoms. The third kappa shape index (κ3) is 6.39. The van der Waals surface area contributed by atoms with Gasteiger partial charge in [-0.3, -0.25) is 4.79 Å². The molecule has 0 aliphatic carbocycles. The van der Waals surface area contributed by atoms with Crippen LogP contribution in [0.15, 0.2) is 53.7 Å². The Morgan fingerprint density at radius 2 is 1.92 bits per heavy atom. The Hall–Kier alpha value is -3.16. The zero-order valence-electron chi connectivity index (χ0n) is 14.0. The Morgan fingerprint density at radius 3 is 2.62 bits per heavy atom. The number of carbonyl (C=O) groups is 1. The van der Waals surface area contributed by atoms with Gasteiger partial charge in [0, 0.05) is 12.1 Å². The van der Waals surface area contributed by atoms with Crippen LogP contribution in [0.3, 0.4) is 0 Å². The molecule has 0 radical (unpaired) electrons. The van der Waals surface area contributed by atoms with Gasteiger partial charge in [-0.05, 0) is 35.9 Å². The standard InChI is InChI=1S/C18H18F2N2O4/c1-24-16-5-3-2-4-14(16)11-21-17(23)12-25-22-10-13-6-8-15(9-7-13)26-18(19)20/h2-10,18H,11-12H2,1H3,(H,21,23)/b22-10-. The Kier molecular flexibility index (Phi) is 7.35. The number of hydrogen-bond donors (Lipinski definition) is 1. The van der Waals surface area contributed by atoms with Crippen LogP contribution < -0.4 is 14.8 Å². The summed E-state index contributed by atoms with van der Waals surface area (Å²) in [4.78, 5) is 16.7. The van der Waals surface area contributed by atoms with Gasteiger partial charge in [-0.25, -0.2) is 0 Å². The lowest BCUT2D eigenvalue weighted by atomic mass is 10.2.